The maximum atomic E-state index is 5.89. The summed E-state index contributed by atoms with van der Waals surface area (Å²) in [7, 11) is 0. The van der Waals surface area contributed by atoms with Gasteiger partial charge in [-0.2, -0.15) is 5.21 Å². The summed E-state index contributed by atoms with van der Waals surface area (Å²) in [6.07, 6.45) is 0.903. The maximum Gasteiger partial charge on any atom is 0.206 e. The molecule has 2 heterocycles. The number of hydrogen-bond acceptors (Lipinski definition) is 9. The van der Waals surface area contributed by atoms with Crippen molar-refractivity contribution in [2.24, 2.45) is 10.9 Å². The van der Waals surface area contributed by atoms with Gasteiger partial charge in [0.05, 0.1) is 10.2 Å². The van der Waals surface area contributed by atoms with Crippen molar-refractivity contribution in [1.29, 1.82) is 0 Å². The molecule has 138 valence electrons. The van der Waals surface area contributed by atoms with Crippen molar-refractivity contribution in [1.82, 2.24) is 25.6 Å². The first kappa shape index (κ1) is 17.9. The average Bonchev–Trinajstić information content (AvgIpc) is 3.36. The van der Waals surface area contributed by atoms with E-state index in [1.54, 1.807) is 11.3 Å². The normalized spacial score (nSPS) is 11.2. The van der Waals surface area contributed by atoms with E-state index >= 15 is 0 Å². The Labute approximate surface area is 163 Å². The molecule has 2 aromatic carbocycles. The lowest BCUT2D eigenvalue weighted by Gasteiger charge is -2.11. The molecule has 0 aliphatic heterocycles. The predicted octanol–water partition coefficient (Wildman–Crippen LogP) is 2.87. The number of aromatic nitrogens is 5. The zero-order chi connectivity index (χ0) is 18.6. The lowest BCUT2D eigenvalue weighted by molar-refractivity contribution is 0.873. The van der Waals surface area contributed by atoms with Crippen molar-refractivity contribution >= 4 is 38.6 Å². The van der Waals surface area contributed by atoms with E-state index < -0.39 is 0 Å². The summed E-state index contributed by atoms with van der Waals surface area (Å²) in [6.45, 7) is 1.46. The highest BCUT2D eigenvalue weighted by Gasteiger charge is 2.19. The minimum Gasteiger partial charge on any atom is -0.361 e. The van der Waals surface area contributed by atoms with Gasteiger partial charge in [-0.15, -0.1) is 10.2 Å². The molecule has 10 heteroatoms. The van der Waals surface area contributed by atoms with Gasteiger partial charge >= 0.3 is 0 Å². The number of nitrogens with one attached hydrogen (secondary N) is 2. The molecule has 0 radical (unpaired) electrons. The Hall–Kier alpha value is -2.53. The Kier molecular flexibility index (Phi) is 5.30. The van der Waals surface area contributed by atoms with Crippen LogP contribution in [0.15, 0.2) is 41.3 Å². The van der Waals surface area contributed by atoms with Crippen molar-refractivity contribution in [2.45, 2.75) is 11.3 Å². The molecular weight excluding hydrogens is 380 g/mol. The summed E-state index contributed by atoms with van der Waals surface area (Å²) in [6, 6.07) is 12.1. The van der Waals surface area contributed by atoms with Crippen LogP contribution in [0.3, 0.4) is 0 Å². The van der Waals surface area contributed by atoms with Gasteiger partial charge in [0.25, 0.3) is 0 Å². The molecule has 0 fully saturated rings. The van der Waals surface area contributed by atoms with E-state index in [1.165, 1.54) is 0 Å². The highest BCUT2D eigenvalue weighted by Crippen LogP contribution is 2.40. The number of tetrazole rings is 1. The number of anilines is 1. The van der Waals surface area contributed by atoms with Gasteiger partial charge in [-0.05, 0) is 47.8 Å². The first-order valence-corrected chi connectivity index (χ1v) is 10.1. The minimum atomic E-state index is 0.507. The minimum absolute atomic E-state index is 0.507. The second kappa shape index (κ2) is 8.01. The summed E-state index contributed by atoms with van der Waals surface area (Å²) in [4.78, 5) is 5.68. The number of fused-ring (bicyclic) bond motifs is 1. The summed E-state index contributed by atoms with van der Waals surface area (Å²) in [5, 5.41) is 24.6. The SMILES string of the molecule is NCCCNc1nc2c(-c3cccc(SN)c3-c3nn[nH]n3)cccc2s1. The van der Waals surface area contributed by atoms with Crippen molar-refractivity contribution in [3.05, 3.63) is 36.4 Å². The summed E-state index contributed by atoms with van der Waals surface area (Å²) >= 11 is 2.79. The fraction of sp³-hybridized carbons (Fsp3) is 0.176. The third kappa shape index (κ3) is 3.52. The third-order valence-corrected chi connectivity index (χ3v) is 5.66. The zero-order valence-electron chi connectivity index (χ0n) is 14.3. The Balaban J connectivity index is 1.85. The van der Waals surface area contributed by atoms with E-state index in [0.29, 0.717) is 12.4 Å². The van der Waals surface area contributed by atoms with E-state index in [-0.39, 0.29) is 0 Å². The number of nitrogens with zero attached hydrogens (tertiary/aromatic N) is 4. The molecule has 0 saturated carbocycles. The molecule has 0 bridgehead atoms. The Bertz CT molecular complexity index is 1040. The maximum absolute atomic E-state index is 5.89. The number of H-pyrrole nitrogens is 1. The fourth-order valence-electron chi connectivity index (χ4n) is 2.89. The van der Waals surface area contributed by atoms with Crippen LogP contribution in [0, 0.1) is 0 Å². The molecule has 4 aromatic rings. The number of thiazole rings is 1. The van der Waals surface area contributed by atoms with Gasteiger partial charge in [0.2, 0.25) is 5.82 Å². The smallest absolute Gasteiger partial charge is 0.206 e. The van der Waals surface area contributed by atoms with Gasteiger partial charge in [-0.3, -0.25) is 5.14 Å². The molecule has 27 heavy (non-hydrogen) atoms. The summed E-state index contributed by atoms with van der Waals surface area (Å²) < 4.78 is 1.10. The third-order valence-electron chi connectivity index (χ3n) is 4.09. The molecule has 4 rings (SSSR count). The molecular formula is C17H18N8S2. The van der Waals surface area contributed by atoms with Crippen LogP contribution in [0.25, 0.3) is 32.7 Å². The predicted molar refractivity (Wildman–Crippen MR) is 110 cm³/mol. The van der Waals surface area contributed by atoms with Crippen molar-refractivity contribution in [3.8, 4) is 22.5 Å². The van der Waals surface area contributed by atoms with Crippen LogP contribution in [0.5, 0.6) is 0 Å². The summed E-state index contributed by atoms with van der Waals surface area (Å²) in [5.41, 5.74) is 9.32. The first-order valence-electron chi connectivity index (χ1n) is 8.39. The first-order chi connectivity index (χ1) is 13.3. The standard InChI is InChI=1S/C17H18N8S2/c18-8-3-9-20-17-21-15-11(5-2-7-13(15)26-17)10-4-1-6-12(27-19)14(10)16-22-24-25-23-16/h1-2,4-7H,3,8-9,18-19H2,(H,20,21)(H,22,23,24,25). The Morgan fingerprint density at radius 3 is 2.78 bits per heavy atom. The van der Waals surface area contributed by atoms with Gasteiger partial charge in [-0.1, -0.05) is 35.6 Å². The van der Waals surface area contributed by atoms with Crippen molar-refractivity contribution in [2.75, 3.05) is 18.4 Å². The zero-order valence-corrected chi connectivity index (χ0v) is 16.0. The highest BCUT2D eigenvalue weighted by molar-refractivity contribution is 7.97. The van der Waals surface area contributed by atoms with Crippen LogP contribution in [0.1, 0.15) is 6.42 Å². The van der Waals surface area contributed by atoms with Gasteiger partial charge in [0.15, 0.2) is 5.13 Å². The fourth-order valence-corrected chi connectivity index (χ4v) is 4.29. The lowest BCUT2D eigenvalue weighted by Crippen LogP contribution is -2.07. The molecule has 0 aliphatic carbocycles. The van der Waals surface area contributed by atoms with Crippen LogP contribution in [-0.4, -0.2) is 38.7 Å². The largest absolute Gasteiger partial charge is 0.361 e. The van der Waals surface area contributed by atoms with E-state index in [0.717, 1.165) is 61.8 Å². The molecule has 8 nitrogen and oxygen atoms in total. The molecule has 0 saturated heterocycles. The number of hydrogen-bond donors (Lipinski definition) is 4. The number of benzene rings is 2. The van der Waals surface area contributed by atoms with Crippen LogP contribution in [-0.2, 0) is 0 Å². The number of para-hydroxylation sites is 1. The lowest BCUT2D eigenvalue weighted by atomic mass is 9.98. The van der Waals surface area contributed by atoms with Crippen LogP contribution in [0.2, 0.25) is 0 Å². The van der Waals surface area contributed by atoms with E-state index in [9.17, 15) is 0 Å². The number of nitrogens with two attached hydrogens (primary N) is 2. The second-order valence-electron chi connectivity index (χ2n) is 5.77. The van der Waals surface area contributed by atoms with Gasteiger partial charge in [0.1, 0.15) is 0 Å². The molecule has 0 spiro atoms. The van der Waals surface area contributed by atoms with E-state index in [2.05, 4.69) is 38.1 Å². The topological polar surface area (TPSA) is 131 Å². The number of rotatable bonds is 7. The highest BCUT2D eigenvalue weighted by atomic mass is 32.2. The average molecular weight is 399 g/mol. The molecule has 0 atom stereocenters. The van der Waals surface area contributed by atoms with E-state index in [4.69, 9.17) is 15.9 Å². The number of aromatic amines is 1. The van der Waals surface area contributed by atoms with E-state index in [1.807, 2.05) is 24.3 Å². The van der Waals surface area contributed by atoms with Gasteiger partial charge < -0.3 is 11.1 Å². The van der Waals surface area contributed by atoms with Crippen molar-refractivity contribution < 1.29 is 0 Å². The van der Waals surface area contributed by atoms with Crippen molar-refractivity contribution in [3.63, 3.8) is 0 Å². The quantitative estimate of drug-likeness (QED) is 0.276. The Morgan fingerprint density at radius 1 is 1.15 bits per heavy atom. The molecule has 0 amide bonds. The monoisotopic (exact) mass is 398 g/mol. The molecule has 0 unspecified atom stereocenters. The van der Waals surface area contributed by atoms with Crippen LogP contribution >= 0.6 is 23.3 Å². The molecule has 6 N–H and O–H groups in total. The second-order valence-corrected chi connectivity index (χ2v) is 7.48. The van der Waals surface area contributed by atoms with Gasteiger partial charge in [-0.25, -0.2) is 4.98 Å². The Morgan fingerprint density at radius 2 is 2.00 bits per heavy atom. The summed E-state index contributed by atoms with van der Waals surface area (Å²) in [5.74, 6) is 0.507. The van der Waals surface area contributed by atoms with Crippen LogP contribution in [0.4, 0.5) is 5.13 Å². The molecule has 0 aliphatic rings. The molecule has 2 aromatic heterocycles. The van der Waals surface area contributed by atoms with Crippen LogP contribution < -0.4 is 16.2 Å². The van der Waals surface area contributed by atoms with Gasteiger partial charge in [0, 0.05) is 22.6 Å².